The Kier molecular flexibility index (Phi) is 6.43. The van der Waals surface area contributed by atoms with E-state index in [0.717, 1.165) is 13.0 Å². The van der Waals surface area contributed by atoms with E-state index in [4.69, 9.17) is 23.2 Å². The van der Waals surface area contributed by atoms with Crippen molar-refractivity contribution in [2.24, 2.45) is 0 Å². The second-order valence-electron chi connectivity index (χ2n) is 4.17. The molecular formula is C12H17Cl2NO2S. The number of hydrogen-bond acceptors (Lipinski definition) is 3. The van der Waals surface area contributed by atoms with Crippen LogP contribution in [-0.4, -0.2) is 27.4 Å². The van der Waals surface area contributed by atoms with Gasteiger partial charge in [-0.1, -0.05) is 30.1 Å². The van der Waals surface area contributed by atoms with Crippen molar-refractivity contribution in [1.29, 1.82) is 0 Å². The Hall–Kier alpha value is -0.290. The standard InChI is InChI=1S/C12H17Cl2NO2S/c1-8(18(2)17)3-4-15-7-9-5-10(13)6-11(14)12(9)16/h5-6,8,15-16H,3-4,7H2,1-2H3. The molecule has 6 heteroatoms. The summed E-state index contributed by atoms with van der Waals surface area (Å²) < 4.78 is 11.2. The van der Waals surface area contributed by atoms with Crippen molar-refractivity contribution in [2.75, 3.05) is 12.8 Å². The molecule has 1 aromatic carbocycles. The Labute approximate surface area is 120 Å². The van der Waals surface area contributed by atoms with E-state index in [-0.39, 0.29) is 16.0 Å². The van der Waals surface area contributed by atoms with E-state index in [1.54, 1.807) is 12.3 Å². The molecule has 2 unspecified atom stereocenters. The molecule has 0 spiro atoms. The zero-order valence-electron chi connectivity index (χ0n) is 10.4. The number of phenols is 1. The van der Waals surface area contributed by atoms with Crippen molar-refractivity contribution >= 4 is 34.0 Å². The third-order valence-electron chi connectivity index (χ3n) is 2.72. The molecule has 0 amide bonds. The molecule has 0 aromatic heterocycles. The summed E-state index contributed by atoms with van der Waals surface area (Å²) in [4.78, 5) is 0. The van der Waals surface area contributed by atoms with Gasteiger partial charge in [0, 0.05) is 39.4 Å². The second kappa shape index (κ2) is 7.34. The van der Waals surface area contributed by atoms with Crippen molar-refractivity contribution in [1.82, 2.24) is 5.32 Å². The molecule has 1 rings (SSSR count). The first-order chi connectivity index (χ1) is 8.41. The average Bonchev–Trinajstić information content (AvgIpc) is 2.29. The summed E-state index contributed by atoms with van der Waals surface area (Å²) in [5.41, 5.74) is 0.665. The number of rotatable bonds is 6. The highest BCUT2D eigenvalue weighted by Gasteiger charge is 2.08. The number of hydrogen-bond donors (Lipinski definition) is 2. The molecule has 0 bridgehead atoms. The predicted molar refractivity (Wildman–Crippen MR) is 78.0 cm³/mol. The minimum atomic E-state index is -0.802. The molecule has 1 aromatic rings. The smallest absolute Gasteiger partial charge is 0.138 e. The molecule has 0 saturated carbocycles. The van der Waals surface area contributed by atoms with E-state index in [9.17, 15) is 9.32 Å². The van der Waals surface area contributed by atoms with Crippen LogP contribution < -0.4 is 5.32 Å². The largest absolute Gasteiger partial charge is 0.506 e. The fraction of sp³-hybridized carbons (Fsp3) is 0.500. The fourth-order valence-electron chi connectivity index (χ4n) is 1.45. The molecule has 0 aliphatic rings. The highest BCUT2D eigenvalue weighted by atomic mass is 35.5. The molecule has 0 fully saturated rings. The van der Waals surface area contributed by atoms with E-state index >= 15 is 0 Å². The van der Waals surface area contributed by atoms with Gasteiger partial charge in [0.1, 0.15) is 5.75 Å². The third-order valence-corrected chi connectivity index (χ3v) is 4.59. The van der Waals surface area contributed by atoms with Crippen molar-refractivity contribution in [3.05, 3.63) is 27.7 Å². The van der Waals surface area contributed by atoms with Gasteiger partial charge >= 0.3 is 0 Å². The van der Waals surface area contributed by atoms with Gasteiger partial charge in [0.15, 0.2) is 0 Å². The summed E-state index contributed by atoms with van der Waals surface area (Å²) in [5.74, 6) is 0.0562. The highest BCUT2D eigenvalue weighted by Crippen LogP contribution is 2.30. The highest BCUT2D eigenvalue weighted by molar-refractivity contribution is 7.84. The van der Waals surface area contributed by atoms with Gasteiger partial charge in [-0.15, -0.1) is 0 Å². The van der Waals surface area contributed by atoms with Crippen molar-refractivity contribution in [3.8, 4) is 5.75 Å². The summed E-state index contributed by atoms with van der Waals surface area (Å²) in [6, 6.07) is 3.18. The summed E-state index contributed by atoms with van der Waals surface area (Å²) in [6.07, 6.45) is 2.52. The Morgan fingerprint density at radius 1 is 1.44 bits per heavy atom. The van der Waals surface area contributed by atoms with Crippen LogP contribution >= 0.6 is 23.2 Å². The summed E-state index contributed by atoms with van der Waals surface area (Å²) in [5, 5.41) is 13.8. The van der Waals surface area contributed by atoms with E-state index < -0.39 is 10.8 Å². The number of aromatic hydroxyl groups is 1. The molecule has 0 radical (unpaired) electrons. The molecular weight excluding hydrogens is 293 g/mol. The van der Waals surface area contributed by atoms with Crippen molar-refractivity contribution < 1.29 is 9.32 Å². The van der Waals surface area contributed by atoms with Gasteiger partial charge < -0.3 is 10.4 Å². The maximum atomic E-state index is 11.2. The van der Waals surface area contributed by atoms with Crippen LogP contribution in [0.15, 0.2) is 12.1 Å². The Balaban J connectivity index is 2.47. The van der Waals surface area contributed by atoms with Gasteiger partial charge in [0.05, 0.1) is 5.02 Å². The Bertz CT molecular complexity index is 440. The maximum absolute atomic E-state index is 11.2. The molecule has 0 aliphatic carbocycles. The maximum Gasteiger partial charge on any atom is 0.138 e. The first-order valence-electron chi connectivity index (χ1n) is 5.61. The zero-order chi connectivity index (χ0) is 13.7. The van der Waals surface area contributed by atoms with E-state index in [1.807, 2.05) is 6.92 Å². The van der Waals surface area contributed by atoms with Crippen LogP contribution in [0, 0.1) is 0 Å². The first-order valence-corrected chi connectivity index (χ1v) is 7.99. The molecule has 0 heterocycles. The van der Waals surface area contributed by atoms with Crippen LogP contribution in [0.3, 0.4) is 0 Å². The van der Waals surface area contributed by atoms with Gasteiger partial charge in [0.2, 0.25) is 0 Å². The van der Waals surface area contributed by atoms with Crippen LogP contribution in [0.4, 0.5) is 0 Å². The van der Waals surface area contributed by atoms with Crippen LogP contribution in [0.5, 0.6) is 5.75 Å². The van der Waals surface area contributed by atoms with Gasteiger partial charge in [-0.25, -0.2) is 0 Å². The summed E-state index contributed by atoms with van der Waals surface area (Å²) >= 11 is 11.7. The average molecular weight is 310 g/mol. The number of halogens is 2. The monoisotopic (exact) mass is 309 g/mol. The van der Waals surface area contributed by atoms with Gasteiger partial charge in [0.25, 0.3) is 0 Å². The molecule has 18 heavy (non-hydrogen) atoms. The van der Waals surface area contributed by atoms with Crippen LogP contribution in [-0.2, 0) is 17.3 Å². The van der Waals surface area contributed by atoms with Crippen LogP contribution in [0.2, 0.25) is 10.0 Å². The lowest BCUT2D eigenvalue weighted by Gasteiger charge is -2.11. The van der Waals surface area contributed by atoms with E-state index in [0.29, 0.717) is 17.1 Å². The minimum absolute atomic E-state index is 0.0562. The molecule has 3 nitrogen and oxygen atoms in total. The Morgan fingerprint density at radius 2 is 2.11 bits per heavy atom. The fourth-order valence-corrected chi connectivity index (χ4v) is 2.43. The predicted octanol–water partition coefficient (Wildman–Crippen LogP) is 2.95. The van der Waals surface area contributed by atoms with Crippen LogP contribution in [0.1, 0.15) is 18.9 Å². The molecule has 102 valence electrons. The summed E-state index contributed by atoms with van der Waals surface area (Å²) in [7, 11) is -0.802. The normalized spacial score (nSPS) is 14.4. The molecule has 0 aliphatic heterocycles. The van der Waals surface area contributed by atoms with Gasteiger partial charge in [-0.05, 0) is 25.1 Å². The number of nitrogens with one attached hydrogen (secondary N) is 1. The zero-order valence-corrected chi connectivity index (χ0v) is 12.7. The molecule has 2 atom stereocenters. The summed E-state index contributed by atoms with van der Waals surface area (Å²) in [6.45, 7) is 3.16. The lowest BCUT2D eigenvalue weighted by molar-refractivity contribution is 0.464. The second-order valence-corrected chi connectivity index (χ2v) is 6.82. The van der Waals surface area contributed by atoms with Crippen molar-refractivity contribution in [2.45, 2.75) is 25.1 Å². The van der Waals surface area contributed by atoms with Crippen LogP contribution in [0.25, 0.3) is 0 Å². The Morgan fingerprint density at radius 3 is 2.72 bits per heavy atom. The van der Waals surface area contributed by atoms with E-state index in [1.165, 1.54) is 6.07 Å². The number of benzene rings is 1. The van der Waals surface area contributed by atoms with Gasteiger partial charge in [-0.3, -0.25) is 4.21 Å². The van der Waals surface area contributed by atoms with Gasteiger partial charge in [-0.2, -0.15) is 0 Å². The topological polar surface area (TPSA) is 49.3 Å². The molecule has 2 N–H and O–H groups in total. The lowest BCUT2D eigenvalue weighted by Crippen LogP contribution is -2.21. The number of phenolic OH excluding ortho intramolecular Hbond substituents is 1. The third kappa shape index (κ3) is 4.76. The quantitative estimate of drug-likeness (QED) is 0.794. The lowest BCUT2D eigenvalue weighted by atomic mass is 10.2. The molecule has 0 saturated heterocycles. The SMILES string of the molecule is CC(CCNCc1cc(Cl)cc(Cl)c1O)S(C)=O. The van der Waals surface area contributed by atoms with E-state index in [2.05, 4.69) is 5.32 Å². The van der Waals surface area contributed by atoms with Crippen molar-refractivity contribution in [3.63, 3.8) is 0 Å². The first kappa shape index (κ1) is 15.8. The minimum Gasteiger partial charge on any atom is -0.506 e.